The molecule has 0 saturated carbocycles. The minimum atomic E-state index is -1.55. The van der Waals surface area contributed by atoms with Gasteiger partial charge in [-0.3, -0.25) is 0 Å². The Labute approximate surface area is 193 Å². The van der Waals surface area contributed by atoms with E-state index in [0.29, 0.717) is 17.9 Å². The van der Waals surface area contributed by atoms with Gasteiger partial charge in [-0.15, -0.1) is 0 Å². The van der Waals surface area contributed by atoms with Crippen molar-refractivity contribution in [2.45, 2.75) is 70.8 Å². The highest BCUT2D eigenvalue weighted by Crippen LogP contribution is 2.38. The molecule has 1 heterocycles. The Hall–Kier alpha value is -2.14. The number of unbranched alkanes of at least 4 members (excludes halogenated alkanes) is 2. The predicted octanol–water partition coefficient (Wildman–Crippen LogP) is 8.47. The number of benzene rings is 2. The third-order valence-corrected chi connectivity index (χ3v) is 7.23. The quantitative estimate of drug-likeness (QED) is 0.229. The molecule has 2 aromatic carbocycles. The minimum Gasteiger partial charge on any atom is -0.378 e. The van der Waals surface area contributed by atoms with Crippen molar-refractivity contribution in [3.05, 3.63) is 65.2 Å². The van der Waals surface area contributed by atoms with Gasteiger partial charge in [-0.25, -0.2) is 17.6 Å². The zero-order valence-corrected chi connectivity index (χ0v) is 19.2. The first-order valence-electron chi connectivity index (χ1n) is 12.2. The lowest BCUT2D eigenvalue weighted by Gasteiger charge is -2.35. The third-order valence-electron chi connectivity index (χ3n) is 7.23. The lowest BCUT2D eigenvalue weighted by molar-refractivity contribution is -0.0507. The van der Waals surface area contributed by atoms with Crippen LogP contribution in [0.15, 0.2) is 36.4 Å². The second-order valence-electron chi connectivity index (χ2n) is 9.52. The van der Waals surface area contributed by atoms with E-state index in [-0.39, 0.29) is 11.1 Å². The van der Waals surface area contributed by atoms with Crippen LogP contribution in [0.1, 0.15) is 70.3 Å². The Morgan fingerprint density at radius 2 is 1.64 bits per heavy atom. The van der Waals surface area contributed by atoms with Gasteiger partial charge in [-0.1, -0.05) is 44.4 Å². The van der Waals surface area contributed by atoms with E-state index in [0.717, 1.165) is 55.6 Å². The fourth-order valence-corrected chi connectivity index (χ4v) is 5.22. The van der Waals surface area contributed by atoms with Gasteiger partial charge in [0.2, 0.25) is 0 Å². The molecule has 0 spiro atoms. The first-order chi connectivity index (χ1) is 16.0. The van der Waals surface area contributed by atoms with Gasteiger partial charge in [0.25, 0.3) is 0 Å². The van der Waals surface area contributed by atoms with Crippen molar-refractivity contribution >= 4 is 5.57 Å². The van der Waals surface area contributed by atoms with Gasteiger partial charge < -0.3 is 4.74 Å². The summed E-state index contributed by atoms with van der Waals surface area (Å²) in [4.78, 5) is 0. The molecule has 178 valence electrons. The highest BCUT2D eigenvalue weighted by atomic mass is 19.2. The number of halogens is 4. The van der Waals surface area contributed by atoms with Crippen molar-refractivity contribution in [3.8, 4) is 11.1 Å². The van der Waals surface area contributed by atoms with E-state index < -0.39 is 23.3 Å². The smallest absolute Gasteiger partial charge is 0.194 e. The van der Waals surface area contributed by atoms with Crippen LogP contribution >= 0.6 is 0 Å². The number of rotatable bonds is 7. The van der Waals surface area contributed by atoms with Crippen molar-refractivity contribution in [2.24, 2.45) is 11.8 Å². The van der Waals surface area contributed by atoms with E-state index in [2.05, 4.69) is 13.0 Å². The zero-order valence-electron chi connectivity index (χ0n) is 19.2. The molecule has 33 heavy (non-hydrogen) atoms. The molecule has 0 N–H and O–H groups in total. The molecule has 0 bridgehead atoms. The van der Waals surface area contributed by atoms with Crippen LogP contribution in [0.4, 0.5) is 17.6 Å². The maximum Gasteiger partial charge on any atom is 0.194 e. The molecule has 1 saturated heterocycles. The van der Waals surface area contributed by atoms with Gasteiger partial charge in [0, 0.05) is 12.2 Å². The minimum absolute atomic E-state index is 0.0180. The summed E-state index contributed by atoms with van der Waals surface area (Å²) < 4.78 is 61.3. The van der Waals surface area contributed by atoms with E-state index in [1.807, 2.05) is 0 Å². The zero-order chi connectivity index (χ0) is 23.4. The fourth-order valence-electron chi connectivity index (χ4n) is 5.22. The molecule has 4 rings (SSSR count). The van der Waals surface area contributed by atoms with Crippen LogP contribution in [-0.2, 0) is 4.74 Å². The summed E-state index contributed by atoms with van der Waals surface area (Å²) in [6, 6.07) is 6.31. The molecule has 0 aromatic heterocycles. The average molecular weight is 461 g/mol. The van der Waals surface area contributed by atoms with E-state index in [1.165, 1.54) is 44.2 Å². The standard InChI is InChI=1S/C28H32F4O/c1-2-3-4-5-18-6-13-27(33-17-18)20-9-7-19(8-10-20)21-11-12-23(24(29)14-21)22-15-25(30)28(32)26(31)16-22/h7,11-12,14-16,18,20,27H,2-6,8-10,13,17H2,1H3. The number of hydrogen-bond donors (Lipinski definition) is 0. The molecule has 5 heteroatoms. The topological polar surface area (TPSA) is 9.23 Å². The molecule has 1 aliphatic heterocycles. The normalized spacial score (nSPS) is 23.4. The number of hydrogen-bond acceptors (Lipinski definition) is 1. The van der Waals surface area contributed by atoms with Crippen molar-refractivity contribution in [1.29, 1.82) is 0 Å². The molecular weight excluding hydrogens is 428 g/mol. The van der Waals surface area contributed by atoms with Crippen LogP contribution in [0.3, 0.4) is 0 Å². The SMILES string of the molecule is CCCCCC1CCC(C2CC=C(c3ccc(-c4cc(F)c(F)c(F)c4)c(F)c3)CC2)OC1. The Morgan fingerprint density at radius 1 is 0.879 bits per heavy atom. The molecule has 0 radical (unpaired) electrons. The summed E-state index contributed by atoms with van der Waals surface area (Å²) in [5, 5.41) is 0. The van der Waals surface area contributed by atoms with Crippen molar-refractivity contribution in [3.63, 3.8) is 0 Å². The van der Waals surface area contributed by atoms with Crippen LogP contribution in [0.2, 0.25) is 0 Å². The second-order valence-corrected chi connectivity index (χ2v) is 9.52. The summed E-state index contributed by atoms with van der Waals surface area (Å²) >= 11 is 0. The lowest BCUT2D eigenvalue weighted by atomic mass is 9.80. The monoisotopic (exact) mass is 460 g/mol. The van der Waals surface area contributed by atoms with Crippen molar-refractivity contribution in [2.75, 3.05) is 6.61 Å². The number of ether oxygens (including phenoxy) is 1. The second kappa shape index (κ2) is 10.9. The lowest BCUT2D eigenvalue weighted by Crippen LogP contribution is -2.32. The van der Waals surface area contributed by atoms with Gasteiger partial charge in [-0.2, -0.15) is 0 Å². The molecule has 1 nitrogen and oxygen atoms in total. The molecule has 3 unspecified atom stereocenters. The van der Waals surface area contributed by atoms with Crippen molar-refractivity contribution in [1.82, 2.24) is 0 Å². The van der Waals surface area contributed by atoms with Gasteiger partial charge in [0.1, 0.15) is 5.82 Å². The van der Waals surface area contributed by atoms with Crippen LogP contribution in [0.5, 0.6) is 0 Å². The Morgan fingerprint density at radius 3 is 2.24 bits per heavy atom. The van der Waals surface area contributed by atoms with Gasteiger partial charge >= 0.3 is 0 Å². The maximum atomic E-state index is 14.8. The van der Waals surface area contributed by atoms with Gasteiger partial charge in [0.15, 0.2) is 17.5 Å². The van der Waals surface area contributed by atoms with E-state index in [1.54, 1.807) is 6.07 Å². The average Bonchev–Trinajstić information content (AvgIpc) is 2.83. The molecule has 0 amide bonds. The van der Waals surface area contributed by atoms with Crippen LogP contribution in [0.25, 0.3) is 16.7 Å². The Balaban J connectivity index is 1.37. The third kappa shape index (κ3) is 5.68. The molecule has 3 atom stereocenters. The molecule has 1 fully saturated rings. The summed E-state index contributed by atoms with van der Waals surface area (Å²) in [6.07, 6.45) is 12.8. The van der Waals surface area contributed by atoms with Gasteiger partial charge in [-0.05, 0) is 85.3 Å². The van der Waals surface area contributed by atoms with E-state index in [4.69, 9.17) is 4.74 Å². The van der Waals surface area contributed by atoms with Crippen molar-refractivity contribution < 1.29 is 22.3 Å². The summed E-state index contributed by atoms with van der Waals surface area (Å²) in [5.74, 6) is -3.58. The molecular formula is C28H32F4O. The highest BCUT2D eigenvalue weighted by Gasteiger charge is 2.29. The van der Waals surface area contributed by atoms with Crippen LogP contribution in [-0.4, -0.2) is 12.7 Å². The first-order valence-corrected chi connectivity index (χ1v) is 12.2. The number of allylic oxidation sites excluding steroid dienone is 2. The molecule has 2 aromatic rings. The van der Waals surface area contributed by atoms with Crippen LogP contribution < -0.4 is 0 Å². The summed E-state index contributed by atoms with van der Waals surface area (Å²) in [7, 11) is 0. The molecule has 2 aliphatic rings. The summed E-state index contributed by atoms with van der Waals surface area (Å²) in [6.45, 7) is 3.10. The van der Waals surface area contributed by atoms with E-state index in [9.17, 15) is 17.6 Å². The summed E-state index contributed by atoms with van der Waals surface area (Å²) in [5.41, 5.74) is 1.89. The first kappa shape index (κ1) is 24.0. The van der Waals surface area contributed by atoms with E-state index >= 15 is 0 Å². The van der Waals surface area contributed by atoms with Crippen LogP contribution in [0, 0.1) is 35.1 Å². The largest absolute Gasteiger partial charge is 0.378 e. The fraction of sp³-hybridized carbons (Fsp3) is 0.500. The Kier molecular flexibility index (Phi) is 7.90. The molecule has 1 aliphatic carbocycles. The highest BCUT2D eigenvalue weighted by molar-refractivity contribution is 5.71. The maximum absolute atomic E-state index is 14.8. The Bertz CT molecular complexity index is 968. The van der Waals surface area contributed by atoms with Gasteiger partial charge in [0.05, 0.1) is 6.10 Å². The predicted molar refractivity (Wildman–Crippen MR) is 124 cm³/mol.